The van der Waals surface area contributed by atoms with Gasteiger partial charge in [-0.2, -0.15) is 5.26 Å². The zero-order valence-corrected chi connectivity index (χ0v) is 20.1. The predicted molar refractivity (Wildman–Crippen MR) is 130 cm³/mol. The van der Waals surface area contributed by atoms with E-state index in [0.29, 0.717) is 33.1 Å². The molecule has 4 fully saturated rings. The number of carbonyl (C=O) groups excluding carboxylic acids is 3. The average Bonchev–Trinajstić information content (AvgIpc) is 2.82. The Balaban J connectivity index is 1.16. The number of esters is 1. The van der Waals surface area contributed by atoms with Crippen LogP contribution in [0.3, 0.4) is 0 Å². The van der Waals surface area contributed by atoms with Crippen LogP contribution in [-0.4, -0.2) is 30.1 Å². The summed E-state index contributed by atoms with van der Waals surface area (Å²) in [5.74, 6) is 0.698. The zero-order chi connectivity index (χ0) is 24.4. The Morgan fingerprint density at radius 3 is 2.20 bits per heavy atom. The van der Waals surface area contributed by atoms with E-state index in [0.717, 1.165) is 19.3 Å². The quantitative estimate of drug-likeness (QED) is 0.572. The fourth-order valence-electron chi connectivity index (χ4n) is 6.40. The lowest BCUT2D eigenvalue weighted by Gasteiger charge is -2.56. The van der Waals surface area contributed by atoms with Crippen LogP contribution < -0.4 is 10.6 Å². The van der Waals surface area contributed by atoms with Crippen LogP contribution in [0.5, 0.6) is 0 Å². The summed E-state index contributed by atoms with van der Waals surface area (Å²) in [4.78, 5) is 38.9. The maximum atomic E-state index is 12.7. The Bertz CT molecular complexity index is 1170. The van der Waals surface area contributed by atoms with Crippen LogP contribution in [0, 0.1) is 29.1 Å². The summed E-state index contributed by atoms with van der Waals surface area (Å²) in [7, 11) is 0. The normalized spacial score (nSPS) is 26.0. The molecule has 2 aromatic carbocycles. The maximum Gasteiger partial charge on any atom is 0.339 e. The molecule has 4 aliphatic rings. The Kier molecular flexibility index (Phi) is 6.52. The highest BCUT2D eigenvalue weighted by Crippen LogP contribution is 2.55. The van der Waals surface area contributed by atoms with Gasteiger partial charge in [0.2, 0.25) is 0 Å². The molecule has 6 rings (SSSR count). The smallest absolute Gasteiger partial charge is 0.339 e. The Labute approximate surface area is 208 Å². The first-order valence-corrected chi connectivity index (χ1v) is 12.8. The molecule has 0 unspecified atom stereocenters. The predicted octanol–water partition coefficient (Wildman–Crippen LogP) is 4.66. The molecule has 180 valence electrons. The van der Waals surface area contributed by atoms with E-state index in [1.807, 2.05) is 6.07 Å². The molecule has 2 aromatic rings. The van der Waals surface area contributed by atoms with Crippen LogP contribution in [0.15, 0.2) is 58.3 Å². The zero-order valence-electron chi connectivity index (χ0n) is 19.3. The molecule has 0 saturated heterocycles. The minimum absolute atomic E-state index is 0.203. The van der Waals surface area contributed by atoms with E-state index < -0.39 is 24.5 Å². The van der Waals surface area contributed by atoms with Crippen LogP contribution in [0.4, 0.5) is 4.79 Å². The molecule has 0 heterocycles. The second-order valence-electron chi connectivity index (χ2n) is 9.98. The SMILES string of the molecule is N#Cc1ccccc1Sc1ccccc1C(=O)OCC(=O)NC(=O)NC12CC3CC(CC(C3)C1)C2. The van der Waals surface area contributed by atoms with E-state index in [-0.39, 0.29) is 11.1 Å². The number of carbonyl (C=O) groups is 3. The highest BCUT2D eigenvalue weighted by molar-refractivity contribution is 7.99. The molecule has 4 bridgehead atoms. The minimum atomic E-state index is -0.667. The molecule has 3 amide bonds. The molecule has 7 nitrogen and oxygen atoms in total. The number of nitriles is 1. The number of rotatable bonds is 6. The maximum absolute atomic E-state index is 12.7. The number of amides is 3. The average molecular weight is 490 g/mol. The van der Waals surface area contributed by atoms with Gasteiger partial charge in [0.15, 0.2) is 6.61 Å². The third kappa shape index (κ3) is 5.20. The van der Waals surface area contributed by atoms with Crippen molar-refractivity contribution in [2.45, 2.75) is 53.9 Å². The van der Waals surface area contributed by atoms with Crippen molar-refractivity contribution in [1.82, 2.24) is 10.6 Å². The lowest BCUT2D eigenvalue weighted by Crippen LogP contribution is -2.62. The van der Waals surface area contributed by atoms with E-state index in [1.54, 1.807) is 42.5 Å². The van der Waals surface area contributed by atoms with Gasteiger partial charge in [0.25, 0.3) is 5.91 Å². The third-order valence-electron chi connectivity index (χ3n) is 7.34. The summed E-state index contributed by atoms with van der Waals surface area (Å²) < 4.78 is 5.21. The van der Waals surface area contributed by atoms with Crippen molar-refractivity contribution in [3.05, 3.63) is 59.7 Å². The highest BCUT2D eigenvalue weighted by atomic mass is 32.2. The van der Waals surface area contributed by atoms with Crippen LogP contribution in [0.2, 0.25) is 0 Å². The van der Waals surface area contributed by atoms with Gasteiger partial charge in [-0.1, -0.05) is 36.0 Å². The van der Waals surface area contributed by atoms with Gasteiger partial charge in [0, 0.05) is 15.3 Å². The van der Waals surface area contributed by atoms with E-state index in [9.17, 15) is 19.6 Å². The Morgan fingerprint density at radius 2 is 1.54 bits per heavy atom. The number of hydrogen-bond acceptors (Lipinski definition) is 6. The van der Waals surface area contributed by atoms with E-state index in [2.05, 4.69) is 16.7 Å². The summed E-state index contributed by atoms with van der Waals surface area (Å²) in [6.07, 6.45) is 6.74. The van der Waals surface area contributed by atoms with E-state index in [1.165, 1.54) is 31.0 Å². The van der Waals surface area contributed by atoms with Crippen LogP contribution in [0.1, 0.15) is 54.4 Å². The third-order valence-corrected chi connectivity index (χ3v) is 8.49. The van der Waals surface area contributed by atoms with Gasteiger partial charge in [0.1, 0.15) is 6.07 Å². The topological polar surface area (TPSA) is 108 Å². The number of hydrogen-bond donors (Lipinski definition) is 2. The molecule has 4 saturated carbocycles. The minimum Gasteiger partial charge on any atom is -0.452 e. The first kappa shape index (κ1) is 23.4. The second kappa shape index (κ2) is 9.74. The van der Waals surface area contributed by atoms with Gasteiger partial charge in [-0.3, -0.25) is 10.1 Å². The fraction of sp³-hybridized carbons (Fsp3) is 0.407. The molecule has 0 atom stereocenters. The molecule has 0 aliphatic heterocycles. The summed E-state index contributed by atoms with van der Waals surface area (Å²) in [6, 6.07) is 15.6. The van der Waals surface area contributed by atoms with Crippen LogP contribution >= 0.6 is 11.8 Å². The first-order chi connectivity index (χ1) is 16.9. The lowest BCUT2D eigenvalue weighted by molar-refractivity contribution is -0.123. The van der Waals surface area contributed by atoms with Gasteiger partial charge >= 0.3 is 12.0 Å². The number of nitrogens with zero attached hydrogens (tertiary/aromatic N) is 1. The summed E-state index contributed by atoms with van der Waals surface area (Å²) in [5.41, 5.74) is 0.590. The largest absolute Gasteiger partial charge is 0.452 e. The molecule has 8 heteroatoms. The van der Waals surface area contributed by atoms with Crippen molar-refractivity contribution < 1.29 is 19.1 Å². The Morgan fingerprint density at radius 1 is 0.943 bits per heavy atom. The van der Waals surface area contributed by atoms with Gasteiger partial charge in [-0.05, 0) is 80.5 Å². The summed E-state index contributed by atoms with van der Waals surface area (Å²) in [5, 5.41) is 14.7. The van der Waals surface area contributed by atoms with Crippen LogP contribution in [0.25, 0.3) is 0 Å². The second-order valence-corrected chi connectivity index (χ2v) is 11.1. The van der Waals surface area contributed by atoms with Crippen LogP contribution in [-0.2, 0) is 9.53 Å². The molecule has 35 heavy (non-hydrogen) atoms. The summed E-state index contributed by atoms with van der Waals surface area (Å²) >= 11 is 1.28. The van der Waals surface area contributed by atoms with E-state index in [4.69, 9.17) is 4.74 Å². The number of imide groups is 1. The molecule has 4 aliphatic carbocycles. The fourth-order valence-corrected chi connectivity index (χ4v) is 7.41. The van der Waals surface area contributed by atoms with Gasteiger partial charge in [0.05, 0.1) is 11.1 Å². The standard InChI is InChI=1S/C27H27N3O4S/c28-15-20-5-1-3-7-22(20)35-23-8-4-2-6-21(23)25(32)34-16-24(31)29-26(33)30-27-12-17-9-18(13-27)11-19(10-17)14-27/h1-8,17-19H,9-14,16H2,(H2,29,30,31,33). The van der Waals surface area contributed by atoms with Gasteiger partial charge < -0.3 is 10.1 Å². The van der Waals surface area contributed by atoms with Crippen molar-refractivity contribution in [1.29, 1.82) is 5.26 Å². The van der Waals surface area contributed by atoms with Crippen molar-refractivity contribution in [3.63, 3.8) is 0 Å². The highest BCUT2D eigenvalue weighted by Gasteiger charge is 2.51. The molecule has 0 spiro atoms. The number of urea groups is 1. The van der Waals surface area contributed by atoms with Gasteiger partial charge in [-0.25, -0.2) is 9.59 Å². The molecule has 0 aromatic heterocycles. The Hall–Kier alpha value is -3.31. The van der Waals surface area contributed by atoms with E-state index >= 15 is 0 Å². The summed E-state index contributed by atoms with van der Waals surface area (Å²) in [6.45, 7) is -0.555. The van der Waals surface area contributed by atoms with Crippen molar-refractivity contribution in [2.24, 2.45) is 17.8 Å². The van der Waals surface area contributed by atoms with Crippen molar-refractivity contribution >= 4 is 29.7 Å². The molecule has 0 radical (unpaired) electrons. The molecule has 2 N–H and O–H groups in total. The van der Waals surface area contributed by atoms with Gasteiger partial charge in [-0.15, -0.1) is 0 Å². The molecular formula is C27H27N3O4S. The monoisotopic (exact) mass is 489 g/mol. The molecular weight excluding hydrogens is 462 g/mol. The first-order valence-electron chi connectivity index (χ1n) is 12.0. The number of ether oxygens (including phenoxy) is 1. The number of benzene rings is 2. The van der Waals surface area contributed by atoms with Crippen molar-refractivity contribution in [3.8, 4) is 6.07 Å². The lowest BCUT2D eigenvalue weighted by atomic mass is 9.53. The van der Waals surface area contributed by atoms with Crippen molar-refractivity contribution in [2.75, 3.05) is 6.61 Å². The number of nitrogens with one attached hydrogen (secondary N) is 2.